The molecule has 2 aliphatic rings. The molecular weight excluding hydrogens is 240 g/mol. The summed E-state index contributed by atoms with van der Waals surface area (Å²) in [7, 11) is -3.01. The fraction of sp³-hybridized carbons (Fsp3) is 0.909. The van der Waals surface area contributed by atoms with Crippen molar-refractivity contribution in [1.29, 1.82) is 0 Å². The van der Waals surface area contributed by atoms with Crippen molar-refractivity contribution in [3.8, 4) is 0 Å². The lowest BCUT2D eigenvalue weighted by Crippen LogP contribution is -2.55. The first-order valence-electron chi connectivity index (χ1n) is 6.16. The Labute approximate surface area is 102 Å². The molecule has 0 radical (unpaired) electrons. The van der Waals surface area contributed by atoms with Crippen LogP contribution in [0.5, 0.6) is 0 Å². The summed E-state index contributed by atoms with van der Waals surface area (Å²) in [6, 6.07) is -0.207. The molecule has 0 saturated carbocycles. The highest BCUT2D eigenvalue weighted by Crippen LogP contribution is 2.22. The monoisotopic (exact) mass is 260 g/mol. The Morgan fingerprint density at radius 1 is 1.35 bits per heavy atom. The van der Waals surface area contributed by atoms with Crippen LogP contribution in [0.1, 0.15) is 20.3 Å². The lowest BCUT2D eigenvalue weighted by molar-refractivity contribution is -0.136. The van der Waals surface area contributed by atoms with Gasteiger partial charge in [-0.15, -0.1) is 0 Å². The molecule has 0 aliphatic carbocycles. The molecule has 2 aliphatic heterocycles. The molecule has 5 nitrogen and oxygen atoms in total. The normalized spacial score (nSPS) is 37.1. The number of carbonyl (C=O) groups is 1. The van der Waals surface area contributed by atoms with Crippen molar-refractivity contribution in [3.63, 3.8) is 0 Å². The zero-order valence-corrected chi connectivity index (χ0v) is 11.2. The van der Waals surface area contributed by atoms with E-state index < -0.39 is 15.1 Å². The molecule has 0 spiro atoms. The van der Waals surface area contributed by atoms with Gasteiger partial charge in [0.1, 0.15) is 0 Å². The van der Waals surface area contributed by atoms with Gasteiger partial charge in [-0.25, -0.2) is 8.42 Å². The Kier molecular flexibility index (Phi) is 3.45. The van der Waals surface area contributed by atoms with Crippen LogP contribution in [0, 0.1) is 5.92 Å². The Balaban J connectivity index is 2.10. The van der Waals surface area contributed by atoms with Gasteiger partial charge in [0, 0.05) is 19.1 Å². The second-order valence-corrected chi connectivity index (χ2v) is 7.51. The molecule has 98 valence electrons. The molecule has 2 heterocycles. The lowest BCUT2D eigenvalue weighted by Gasteiger charge is -2.38. The summed E-state index contributed by atoms with van der Waals surface area (Å²) in [5.74, 6) is 0.249. The molecule has 17 heavy (non-hydrogen) atoms. The van der Waals surface area contributed by atoms with E-state index in [2.05, 4.69) is 5.32 Å². The summed E-state index contributed by atoms with van der Waals surface area (Å²) in [6.45, 7) is 5.49. The van der Waals surface area contributed by atoms with Crippen LogP contribution in [-0.4, -0.2) is 55.9 Å². The molecule has 0 aromatic rings. The number of rotatable bonds is 1. The van der Waals surface area contributed by atoms with E-state index in [9.17, 15) is 13.2 Å². The van der Waals surface area contributed by atoms with Crippen molar-refractivity contribution >= 4 is 15.7 Å². The summed E-state index contributed by atoms with van der Waals surface area (Å²) in [6.07, 6.45) is 0.864. The van der Waals surface area contributed by atoms with E-state index in [1.54, 1.807) is 11.8 Å². The fourth-order valence-electron chi connectivity index (χ4n) is 2.58. The average molecular weight is 260 g/mol. The number of amides is 1. The summed E-state index contributed by atoms with van der Waals surface area (Å²) in [5, 5.41) is 2.72. The molecule has 0 bridgehead atoms. The number of nitrogens with one attached hydrogen (secondary N) is 1. The summed E-state index contributed by atoms with van der Waals surface area (Å²) in [4.78, 5) is 14.0. The SMILES string of the molecule is CC1C(C)S(=O)(=O)CCN1C(=O)C1CCNC1. The van der Waals surface area contributed by atoms with E-state index in [-0.39, 0.29) is 23.6 Å². The van der Waals surface area contributed by atoms with Crippen LogP contribution in [-0.2, 0) is 14.6 Å². The number of carbonyl (C=O) groups excluding carboxylic acids is 1. The Bertz CT molecular complexity index is 401. The Hall–Kier alpha value is -0.620. The van der Waals surface area contributed by atoms with Crippen molar-refractivity contribution in [2.24, 2.45) is 5.92 Å². The third kappa shape index (κ3) is 2.33. The van der Waals surface area contributed by atoms with Gasteiger partial charge in [0.2, 0.25) is 5.91 Å². The highest BCUT2D eigenvalue weighted by atomic mass is 32.2. The minimum absolute atomic E-state index is 0.0328. The third-order valence-corrected chi connectivity index (χ3v) is 6.33. The number of hydrogen-bond acceptors (Lipinski definition) is 4. The van der Waals surface area contributed by atoms with Crippen LogP contribution < -0.4 is 5.32 Å². The van der Waals surface area contributed by atoms with Crippen molar-refractivity contribution in [3.05, 3.63) is 0 Å². The highest BCUT2D eigenvalue weighted by Gasteiger charge is 2.40. The van der Waals surface area contributed by atoms with E-state index in [0.717, 1.165) is 19.5 Å². The number of nitrogens with zero attached hydrogens (tertiary/aromatic N) is 1. The van der Waals surface area contributed by atoms with Gasteiger partial charge in [-0.05, 0) is 26.8 Å². The topological polar surface area (TPSA) is 66.5 Å². The number of sulfone groups is 1. The first kappa shape index (κ1) is 12.8. The van der Waals surface area contributed by atoms with Crippen LogP contribution in [0.15, 0.2) is 0 Å². The zero-order valence-electron chi connectivity index (χ0n) is 10.3. The first-order valence-corrected chi connectivity index (χ1v) is 7.88. The lowest BCUT2D eigenvalue weighted by atomic mass is 10.1. The van der Waals surface area contributed by atoms with E-state index in [1.165, 1.54) is 0 Å². The first-order chi connectivity index (χ1) is 7.93. The molecule has 2 fully saturated rings. The van der Waals surface area contributed by atoms with Crippen molar-refractivity contribution < 1.29 is 13.2 Å². The van der Waals surface area contributed by atoms with Crippen LogP contribution >= 0.6 is 0 Å². The molecule has 0 aromatic carbocycles. The standard InChI is InChI=1S/C11H20N2O3S/c1-8-9(2)17(15,16)6-5-13(8)11(14)10-3-4-12-7-10/h8-10,12H,3-7H2,1-2H3. The van der Waals surface area contributed by atoms with Crippen LogP contribution in [0.25, 0.3) is 0 Å². The van der Waals surface area contributed by atoms with E-state index in [1.807, 2.05) is 6.92 Å². The van der Waals surface area contributed by atoms with Crippen LogP contribution in [0.3, 0.4) is 0 Å². The molecule has 1 N–H and O–H groups in total. The largest absolute Gasteiger partial charge is 0.337 e. The maximum Gasteiger partial charge on any atom is 0.227 e. The van der Waals surface area contributed by atoms with Crippen LogP contribution in [0.2, 0.25) is 0 Å². The van der Waals surface area contributed by atoms with Gasteiger partial charge in [-0.1, -0.05) is 0 Å². The molecule has 3 unspecified atom stereocenters. The predicted octanol–water partition coefficient (Wildman–Crippen LogP) is -0.370. The highest BCUT2D eigenvalue weighted by molar-refractivity contribution is 7.92. The van der Waals surface area contributed by atoms with Crippen LogP contribution in [0.4, 0.5) is 0 Å². The van der Waals surface area contributed by atoms with Gasteiger partial charge in [-0.3, -0.25) is 4.79 Å². The van der Waals surface area contributed by atoms with Crippen molar-refractivity contribution in [2.45, 2.75) is 31.6 Å². The van der Waals surface area contributed by atoms with Gasteiger partial charge in [0.05, 0.1) is 16.9 Å². The molecular formula is C11H20N2O3S. The summed E-state index contributed by atoms with van der Waals surface area (Å²) < 4.78 is 23.5. The van der Waals surface area contributed by atoms with Gasteiger partial charge >= 0.3 is 0 Å². The zero-order chi connectivity index (χ0) is 12.6. The molecule has 2 saturated heterocycles. The summed E-state index contributed by atoms with van der Waals surface area (Å²) >= 11 is 0. The maximum absolute atomic E-state index is 12.3. The third-order valence-electron chi connectivity index (χ3n) is 4.05. The van der Waals surface area contributed by atoms with Gasteiger partial charge < -0.3 is 10.2 Å². The van der Waals surface area contributed by atoms with E-state index >= 15 is 0 Å². The predicted molar refractivity (Wildman–Crippen MR) is 65.4 cm³/mol. The Morgan fingerprint density at radius 2 is 2.06 bits per heavy atom. The fourth-order valence-corrected chi connectivity index (χ4v) is 4.15. The Morgan fingerprint density at radius 3 is 2.65 bits per heavy atom. The second kappa shape index (κ2) is 4.57. The summed E-state index contributed by atoms with van der Waals surface area (Å²) in [5.41, 5.74) is 0. The van der Waals surface area contributed by atoms with Crippen molar-refractivity contribution in [1.82, 2.24) is 10.2 Å². The van der Waals surface area contributed by atoms with E-state index in [4.69, 9.17) is 0 Å². The molecule has 0 aromatic heterocycles. The van der Waals surface area contributed by atoms with E-state index in [0.29, 0.717) is 6.54 Å². The van der Waals surface area contributed by atoms with Gasteiger partial charge in [0.25, 0.3) is 0 Å². The quantitative estimate of drug-likeness (QED) is 0.698. The smallest absolute Gasteiger partial charge is 0.227 e. The molecule has 3 atom stereocenters. The minimum atomic E-state index is -3.01. The van der Waals surface area contributed by atoms with Gasteiger partial charge in [-0.2, -0.15) is 0 Å². The minimum Gasteiger partial charge on any atom is -0.337 e. The molecule has 2 rings (SSSR count). The molecule has 6 heteroatoms. The maximum atomic E-state index is 12.3. The average Bonchev–Trinajstić information content (AvgIpc) is 2.79. The van der Waals surface area contributed by atoms with Crippen molar-refractivity contribution in [2.75, 3.05) is 25.4 Å². The van der Waals surface area contributed by atoms with Gasteiger partial charge in [0.15, 0.2) is 9.84 Å². The molecule has 1 amide bonds. The second-order valence-electron chi connectivity index (χ2n) is 5.03. The number of hydrogen-bond donors (Lipinski definition) is 1.